The minimum absolute atomic E-state index is 0.0659. The van der Waals surface area contributed by atoms with Crippen LogP contribution >= 0.6 is 0 Å². The molecule has 0 aromatic heterocycles. The predicted molar refractivity (Wildman–Crippen MR) is 81.3 cm³/mol. The van der Waals surface area contributed by atoms with Gasteiger partial charge in [0.2, 0.25) is 0 Å². The van der Waals surface area contributed by atoms with Crippen molar-refractivity contribution in [3.63, 3.8) is 0 Å². The van der Waals surface area contributed by atoms with Crippen LogP contribution in [0.2, 0.25) is 0 Å². The second-order valence-electron chi connectivity index (χ2n) is 6.28. The maximum Gasteiger partial charge on any atom is 0.491 e. The summed E-state index contributed by atoms with van der Waals surface area (Å²) in [5.41, 5.74) is -1.36. The maximum atomic E-state index is 10.2. The first-order valence-corrected chi connectivity index (χ1v) is 6.88. The highest BCUT2D eigenvalue weighted by Crippen LogP contribution is 2.25. The van der Waals surface area contributed by atoms with Gasteiger partial charge < -0.3 is 19.5 Å². The van der Waals surface area contributed by atoms with Crippen molar-refractivity contribution in [1.82, 2.24) is 0 Å². The number of aliphatic hydroxyl groups is 1. The molecule has 0 spiro atoms. The standard InChI is InChI=1S/C15H25BO4/c1-11(2)19-13-9-7-8-12(10-13)16(18)20-15(5,6)14(3,4)17/h7-11,17-18H,1-6H3. The van der Waals surface area contributed by atoms with Gasteiger partial charge in [-0.25, -0.2) is 0 Å². The quantitative estimate of drug-likeness (QED) is 0.779. The Morgan fingerprint density at radius 2 is 1.75 bits per heavy atom. The average Bonchev–Trinajstić information content (AvgIpc) is 2.26. The zero-order valence-corrected chi connectivity index (χ0v) is 13.2. The molecule has 0 saturated carbocycles. The molecule has 0 saturated heterocycles. The van der Waals surface area contributed by atoms with Gasteiger partial charge in [-0.3, -0.25) is 0 Å². The van der Waals surface area contributed by atoms with Gasteiger partial charge in [-0.05, 0) is 59.1 Å². The molecule has 112 valence electrons. The van der Waals surface area contributed by atoms with E-state index in [9.17, 15) is 10.1 Å². The Balaban J connectivity index is 2.85. The molecule has 0 bridgehead atoms. The van der Waals surface area contributed by atoms with Gasteiger partial charge in [0.15, 0.2) is 0 Å². The van der Waals surface area contributed by atoms with Crippen molar-refractivity contribution in [2.24, 2.45) is 0 Å². The molecule has 1 rings (SSSR count). The van der Waals surface area contributed by atoms with Gasteiger partial charge in [0.05, 0.1) is 17.3 Å². The fraction of sp³-hybridized carbons (Fsp3) is 0.600. The van der Waals surface area contributed by atoms with Crippen LogP contribution in [0, 0.1) is 0 Å². The van der Waals surface area contributed by atoms with E-state index < -0.39 is 18.3 Å². The van der Waals surface area contributed by atoms with Crippen LogP contribution < -0.4 is 10.2 Å². The molecule has 0 aliphatic rings. The van der Waals surface area contributed by atoms with Crippen LogP contribution in [0.15, 0.2) is 24.3 Å². The van der Waals surface area contributed by atoms with Crippen molar-refractivity contribution in [2.75, 3.05) is 0 Å². The fourth-order valence-corrected chi connectivity index (χ4v) is 1.50. The zero-order valence-electron chi connectivity index (χ0n) is 13.2. The summed E-state index contributed by atoms with van der Waals surface area (Å²) >= 11 is 0. The van der Waals surface area contributed by atoms with Gasteiger partial charge in [0.1, 0.15) is 5.75 Å². The van der Waals surface area contributed by atoms with Crippen molar-refractivity contribution in [3.8, 4) is 5.75 Å². The molecule has 0 unspecified atom stereocenters. The van der Waals surface area contributed by atoms with Gasteiger partial charge >= 0.3 is 7.12 Å². The van der Waals surface area contributed by atoms with Gasteiger partial charge in [-0.2, -0.15) is 0 Å². The minimum Gasteiger partial charge on any atom is -0.491 e. The molecule has 0 heterocycles. The highest BCUT2D eigenvalue weighted by atomic mass is 16.5. The van der Waals surface area contributed by atoms with Gasteiger partial charge in [0.25, 0.3) is 0 Å². The summed E-state index contributed by atoms with van der Waals surface area (Å²) in [4.78, 5) is 0. The Morgan fingerprint density at radius 1 is 1.15 bits per heavy atom. The summed E-state index contributed by atoms with van der Waals surface area (Å²) in [6.45, 7) is 10.7. The highest BCUT2D eigenvalue weighted by Gasteiger charge is 2.39. The number of hydrogen-bond donors (Lipinski definition) is 2. The van der Waals surface area contributed by atoms with Crippen molar-refractivity contribution in [2.45, 2.75) is 58.8 Å². The minimum atomic E-state index is -1.12. The van der Waals surface area contributed by atoms with Crippen LogP contribution in [-0.4, -0.2) is 34.6 Å². The Labute approximate surface area is 121 Å². The van der Waals surface area contributed by atoms with Crippen molar-refractivity contribution in [1.29, 1.82) is 0 Å². The lowest BCUT2D eigenvalue weighted by Gasteiger charge is -2.38. The molecule has 0 aliphatic carbocycles. The molecule has 1 aromatic rings. The third-order valence-electron chi connectivity index (χ3n) is 3.39. The molecular weight excluding hydrogens is 255 g/mol. The molecule has 4 nitrogen and oxygen atoms in total. The van der Waals surface area contributed by atoms with Crippen LogP contribution in [0.1, 0.15) is 41.5 Å². The van der Waals surface area contributed by atoms with Crippen LogP contribution in [0.3, 0.4) is 0 Å². The van der Waals surface area contributed by atoms with E-state index in [-0.39, 0.29) is 6.10 Å². The van der Waals surface area contributed by atoms with Crippen LogP contribution in [-0.2, 0) is 4.65 Å². The molecule has 20 heavy (non-hydrogen) atoms. The summed E-state index contributed by atoms with van der Waals surface area (Å²) in [5.74, 6) is 0.682. The molecule has 1 aromatic carbocycles. The number of rotatable bonds is 6. The van der Waals surface area contributed by atoms with E-state index in [0.717, 1.165) is 0 Å². The zero-order chi connectivity index (χ0) is 15.6. The van der Waals surface area contributed by atoms with Crippen LogP contribution in [0.25, 0.3) is 0 Å². The first kappa shape index (κ1) is 17.0. The molecule has 2 N–H and O–H groups in total. The van der Waals surface area contributed by atoms with Crippen molar-refractivity contribution >= 4 is 12.6 Å². The average molecular weight is 280 g/mol. The first-order valence-electron chi connectivity index (χ1n) is 6.88. The van der Waals surface area contributed by atoms with Crippen molar-refractivity contribution in [3.05, 3.63) is 24.3 Å². The maximum absolute atomic E-state index is 10.2. The smallest absolute Gasteiger partial charge is 0.491 e. The van der Waals surface area contributed by atoms with Gasteiger partial charge in [-0.15, -0.1) is 0 Å². The van der Waals surface area contributed by atoms with E-state index in [1.165, 1.54) is 0 Å². The molecule has 0 amide bonds. The fourth-order valence-electron chi connectivity index (χ4n) is 1.50. The van der Waals surface area contributed by atoms with Gasteiger partial charge in [-0.1, -0.05) is 12.1 Å². The Bertz CT molecular complexity index is 438. The number of ether oxygens (including phenoxy) is 1. The summed E-state index contributed by atoms with van der Waals surface area (Å²) in [7, 11) is -1.12. The first-order chi connectivity index (χ1) is 9.03. The highest BCUT2D eigenvalue weighted by molar-refractivity contribution is 6.60. The molecule has 0 fully saturated rings. The Kier molecular flexibility index (Phi) is 5.24. The molecule has 5 heteroatoms. The van der Waals surface area contributed by atoms with Gasteiger partial charge in [0, 0.05) is 0 Å². The molecular formula is C15H25BO4. The monoisotopic (exact) mass is 280 g/mol. The predicted octanol–water partition coefficient (Wildman–Crippen LogP) is 1.73. The third kappa shape index (κ3) is 4.51. The van der Waals surface area contributed by atoms with Crippen molar-refractivity contribution < 1.29 is 19.5 Å². The largest absolute Gasteiger partial charge is 0.491 e. The number of benzene rings is 1. The SMILES string of the molecule is CC(C)Oc1cccc(B(O)OC(C)(C)C(C)(C)O)c1. The lowest BCUT2D eigenvalue weighted by Crippen LogP contribution is -2.53. The summed E-state index contributed by atoms with van der Waals surface area (Å²) < 4.78 is 11.2. The van der Waals surface area contributed by atoms with E-state index in [1.54, 1.807) is 45.9 Å². The molecule has 0 aliphatic heterocycles. The normalized spacial score (nSPS) is 12.7. The topological polar surface area (TPSA) is 58.9 Å². The number of hydrogen-bond acceptors (Lipinski definition) is 4. The van der Waals surface area contributed by atoms with E-state index in [4.69, 9.17) is 9.39 Å². The second-order valence-corrected chi connectivity index (χ2v) is 6.28. The second kappa shape index (κ2) is 6.16. The van der Waals surface area contributed by atoms with Crippen LogP contribution in [0.4, 0.5) is 0 Å². The molecule has 0 atom stereocenters. The van der Waals surface area contributed by atoms with E-state index in [1.807, 2.05) is 19.9 Å². The van der Waals surface area contributed by atoms with E-state index >= 15 is 0 Å². The summed E-state index contributed by atoms with van der Waals surface area (Å²) in [6.07, 6.45) is 0.0659. The Hall–Kier alpha value is -1.04. The molecule has 0 radical (unpaired) electrons. The van der Waals surface area contributed by atoms with Crippen LogP contribution in [0.5, 0.6) is 5.75 Å². The summed E-state index contributed by atoms with van der Waals surface area (Å²) in [6, 6.07) is 7.14. The van der Waals surface area contributed by atoms with E-state index in [0.29, 0.717) is 11.2 Å². The lowest BCUT2D eigenvalue weighted by atomic mass is 9.76. The summed E-state index contributed by atoms with van der Waals surface area (Å²) in [5, 5.41) is 20.2. The third-order valence-corrected chi connectivity index (χ3v) is 3.39. The van der Waals surface area contributed by atoms with E-state index in [2.05, 4.69) is 0 Å². The Morgan fingerprint density at radius 3 is 2.25 bits per heavy atom. The lowest BCUT2D eigenvalue weighted by molar-refractivity contribution is -0.0982.